The van der Waals surface area contributed by atoms with Gasteiger partial charge in [0.05, 0.1) is 28.2 Å². The Balaban J connectivity index is 1.98. The van der Waals surface area contributed by atoms with Gasteiger partial charge in [0, 0.05) is 22.1 Å². The van der Waals surface area contributed by atoms with Gasteiger partial charge in [0.2, 0.25) is 0 Å². The fourth-order valence-electron chi connectivity index (χ4n) is 2.73. The Labute approximate surface area is 147 Å². The summed E-state index contributed by atoms with van der Waals surface area (Å²) in [6.07, 6.45) is 1.92. The molecule has 0 saturated heterocycles. The van der Waals surface area contributed by atoms with E-state index in [2.05, 4.69) is 37.9 Å². The van der Waals surface area contributed by atoms with Gasteiger partial charge in [-0.1, -0.05) is 13.8 Å². The Morgan fingerprint density at radius 2 is 2.04 bits per heavy atom. The van der Waals surface area contributed by atoms with E-state index in [0.29, 0.717) is 6.54 Å². The number of hydroxylamine groups is 1. The van der Waals surface area contributed by atoms with Crippen LogP contribution in [0, 0.1) is 12.3 Å². The van der Waals surface area contributed by atoms with Crippen LogP contribution in [0.2, 0.25) is 0 Å². The number of anilines is 1. The second-order valence-corrected chi connectivity index (χ2v) is 9.33. The Kier molecular flexibility index (Phi) is 3.95. The first kappa shape index (κ1) is 17.0. The fraction of sp³-hybridized carbons (Fsp3) is 0.474. The van der Waals surface area contributed by atoms with Crippen LogP contribution < -0.4 is 5.06 Å². The van der Waals surface area contributed by atoms with Crippen LogP contribution in [-0.2, 0) is 15.0 Å². The SMILES string of the molecule is Cc1ccc(-c2cc3c(cn2)C(C)(C)CN3OC(=O)C(C)(C)C)s1. The van der Waals surface area contributed by atoms with Crippen molar-refractivity contribution in [2.75, 3.05) is 11.6 Å². The summed E-state index contributed by atoms with van der Waals surface area (Å²) in [5.41, 5.74) is 2.33. The molecule has 0 amide bonds. The highest BCUT2D eigenvalue weighted by atomic mass is 32.1. The van der Waals surface area contributed by atoms with Crippen molar-refractivity contribution in [2.24, 2.45) is 5.41 Å². The van der Waals surface area contributed by atoms with Crippen LogP contribution in [0.15, 0.2) is 24.4 Å². The molecule has 3 rings (SSSR count). The van der Waals surface area contributed by atoms with E-state index in [4.69, 9.17) is 4.84 Å². The van der Waals surface area contributed by atoms with Crippen LogP contribution >= 0.6 is 11.3 Å². The number of fused-ring (bicyclic) bond motifs is 1. The minimum Gasteiger partial charge on any atom is -0.340 e. The maximum atomic E-state index is 12.3. The van der Waals surface area contributed by atoms with E-state index in [0.717, 1.165) is 21.8 Å². The van der Waals surface area contributed by atoms with Gasteiger partial charge in [-0.25, -0.2) is 9.86 Å². The number of nitrogens with zero attached hydrogens (tertiary/aromatic N) is 2. The first-order valence-corrected chi connectivity index (χ1v) is 8.97. The Bertz CT molecular complexity index is 787. The van der Waals surface area contributed by atoms with E-state index < -0.39 is 5.41 Å². The van der Waals surface area contributed by atoms with Gasteiger partial charge in [0.15, 0.2) is 0 Å². The molecule has 0 radical (unpaired) electrons. The number of hydrogen-bond acceptors (Lipinski definition) is 5. The van der Waals surface area contributed by atoms with Crippen molar-refractivity contribution < 1.29 is 9.63 Å². The molecule has 5 heteroatoms. The third-order valence-electron chi connectivity index (χ3n) is 4.22. The van der Waals surface area contributed by atoms with Gasteiger partial charge < -0.3 is 4.84 Å². The predicted molar refractivity (Wildman–Crippen MR) is 98.2 cm³/mol. The van der Waals surface area contributed by atoms with Crippen molar-refractivity contribution >= 4 is 23.0 Å². The summed E-state index contributed by atoms with van der Waals surface area (Å²) >= 11 is 1.72. The molecule has 0 N–H and O–H groups in total. The quantitative estimate of drug-likeness (QED) is 0.790. The van der Waals surface area contributed by atoms with Crippen molar-refractivity contribution in [3.63, 3.8) is 0 Å². The number of rotatable bonds is 2. The number of aryl methyl sites for hydroxylation is 1. The largest absolute Gasteiger partial charge is 0.340 e. The van der Waals surface area contributed by atoms with E-state index >= 15 is 0 Å². The minimum atomic E-state index is -0.534. The highest BCUT2D eigenvalue weighted by molar-refractivity contribution is 7.15. The standard InChI is InChI=1S/C19H24N2O2S/c1-12-7-8-16(24-12)14-9-15-13(10-20-14)19(5,6)11-21(15)23-17(22)18(2,3)4/h7-10H,11H2,1-6H3. The monoisotopic (exact) mass is 344 g/mol. The molecule has 2 aromatic rings. The zero-order valence-corrected chi connectivity index (χ0v) is 16.0. The van der Waals surface area contributed by atoms with Crippen molar-refractivity contribution in [3.05, 3.63) is 34.8 Å². The zero-order valence-electron chi connectivity index (χ0n) is 15.1. The normalized spacial score (nSPS) is 16.2. The lowest BCUT2D eigenvalue weighted by atomic mass is 9.88. The molecule has 24 heavy (non-hydrogen) atoms. The first-order chi connectivity index (χ1) is 11.1. The summed E-state index contributed by atoms with van der Waals surface area (Å²) in [7, 11) is 0. The third-order valence-corrected chi connectivity index (χ3v) is 5.24. The second kappa shape index (κ2) is 5.59. The van der Waals surface area contributed by atoms with Gasteiger partial charge in [0.25, 0.3) is 0 Å². The molecule has 0 bridgehead atoms. The van der Waals surface area contributed by atoms with E-state index in [1.807, 2.05) is 33.0 Å². The molecule has 128 valence electrons. The van der Waals surface area contributed by atoms with E-state index in [-0.39, 0.29) is 11.4 Å². The van der Waals surface area contributed by atoms with Gasteiger partial charge >= 0.3 is 5.97 Å². The Morgan fingerprint density at radius 1 is 1.33 bits per heavy atom. The number of aromatic nitrogens is 1. The highest BCUT2D eigenvalue weighted by Crippen LogP contribution is 2.42. The number of carbonyl (C=O) groups is 1. The molecular formula is C19H24N2O2S. The minimum absolute atomic E-state index is 0.107. The molecule has 0 aliphatic carbocycles. The molecule has 0 saturated carbocycles. The molecule has 1 aliphatic rings. The Hall–Kier alpha value is -1.88. The number of pyridine rings is 1. The summed E-state index contributed by atoms with van der Waals surface area (Å²) in [6.45, 7) is 12.6. The maximum absolute atomic E-state index is 12.3. The third kappa shape index (κ3) is 3.05. The maximum Gasteiger partial charge on any atom is 0.337 e. The summed E-state index contributed by atoms with van der Waals surface area (Å²) < 4.78 is 0. The summed E-state index contributed by atoms with van der Waals surface area (Å²) in [5.74, 6) is -0.225. The van der Waals surface area contributed by atoms with E-state index in [1.165, 1.54) is 4.88 Å². The smallest absolute Gasteiger partial charge is 0.337 e. The van der Waals surface area contributed by atoms with E-state index in [9.17, 15) is 4.79 Å². The van der Waals surface area contributed by atoms with Crippen molar-refractivity contribution in [2.45, 2.75) is 47.0 Å². The van der Waals surface area contributed by atoms with E-state index in [1.54, 1.807) is 16.4 Å². The molecule has 0 fully saturated rings. The molecule has 0 aromatic carbocycles. The molecule has 1 aliphatic heterocycles. The van der Waals surface area contributed by atoms with Gasteiger partial charge in [0.1, 0.15) is 0 Å². The molecule has 0 atom stereocenters. The van der Waals surface area contributed by atoms with Crippen LogP contribution in [0.3, 0.4) is 0 Å². The summed E-state index contributed by atoms with van der Waals surface area (Å²) in [4.78, 5) is 25.0. The summed E-state index contributed by atoms with van der Waals surface area (Å²) in [6, 6.07) is 6.21. The average molecular weight is 344 g/mol. The lowest BCUT2D eigenvalue weighted by Crippen LogP contribution is -2.35. The number of thiophene rings is 1. The van der Waals surface area contributed by atoms with Crippen molar-refractivity contribution in [3.8, 4) is 10.6 Å². The predicted octanol–water partition coefficient (Wildman–Crippen LogP) is 4.72. The number of carbonyl (C=O) groups excluding carboxylic acids is 1. The number of hydrogen-bond donors (Lipinski definition) is 0. The summed E-state index contributed by atoms with van der Waals surface area (Å²) in [5, 5.41) is 1.73. The topological polar surface area (TPSA) is 42.4 Å². The molecule has 0 spiro atoms. The Morgan fingerprint density at radius 3 is 2.62 bits per heavy atom. The van der Waals surface area contributed by atoms with Crippen LogP contribution in [0.1, 0.15) is 45.1 Å². The second-order valence-electron chi connectivity index (χ2n) is 8.05. The first-order valence-electron chi connectivity index (χ1n) is 8.15. The van der Waals surface area contributed by atoms with Gasteiger partial charge in [-0.05, 0) is 45.9 Å². The molecule has 4 nitrogen and oxygen atoms in total. The van der Waals surface area contributed by atoms with Gasteiger partial charge in [-0.15, -0.1) is 11.3 Å². The van der Waals surface area contributed by atoms with Crippen LogP contribution in [0.4, 0.5) is 5.69 Å². The van der Waals surface area contributed by atoms with Crippen LogP contribution in [-0.4, -0.2) is 17.5 Å². The van der Waals surface area contributed by atoms with Crippen LogP contribution in [0.25, 0.3) is 10.6 Å². The van der Waals surface area contributed by atoms with Gasteiger partial charge in [-0.2, -0.15) is 0 Å². The molecular weight excluding hydrogens is 320 g/mol. The molecule has 0 unspecified atom stereocenters. The van der Waals surface area contributed by atoms with Gasteiger partial charge in [-0.3, -0.25) is 4.98 Å². The van der Waals surface area contributed by atoms with Crippen molar-refractivity contribution in [1.29, 1.82) is 0 Å². The fourth-order valence-corrected chi connectivity index (χ4v) is 3.56. The molecule has 3 heterocycles. The van der Waals surface area contributed by atoms with Crippen molar-refractivity contribution in [1.82, 2.24) is 4.98 Å². The zero-order chi connectivity index (χ0) is 17.7. The molecule has 2 aromatic heterocycles. The van der Waals surface area contributed by atoms with Crippen LogP contribution in [0.5, 0.6) is 0 Å². The lowest BCUT2D eigenvalue weighted by molar-refractivity contribution is -0.154. The lowest BCUT2D eigenvalue weighted by Gasteiger charge is -2.25. The highest BCUT2D eigenvalue weighted by Gasteiger charge is 2.39. The average Bonchev–Trinajstić information content (AvgIpc) is 3.00.